The van der Waals surface area contributed by atoms with Crippen LogP contribution < -0.4 is 10.2 Å². The monoisotopic (exact) mass is 249 g/mol. The van der Waals surface area contributed by atoms with Crippen LogP contribution in [0.4, 0.5) is 11.8 Å². The van der Waals surface area contributed by atoms with Gasteiger partial charge in [0.15, 0.2) is 0 Å². The summed E-state index contributed by atoms with van der Waals surface area (Å²) in [6.45, 7) is 9.45. The molecular formula is C13H23N5. The van der Waals surface area contributed by atoms with Gasteiger partial charge in [0, 0.05) is 37.9 Å². The Morgan fingerprint density at radius 3 is 2.61 bits per heavy atom. The molecule has 1 aliphatic heterocycles. The first-order chi connectivity index (χ1) is 8.61. The minimum atomic E-state index is 0.547. The fraction of sp³-hybridized carbons (Fsp3) is 0.692. The van der Waals surface area contributed by atoms with Crippen LogP contribution in [0.15, 0.2) is 12.3 Å². The SMILES string of the molecule is CCNc1nccc(N2CC(C)N(C)C(C)C2)n1. The largest absolute Gasteiger partial charge is 0.354 e. The van der Waals surface area contributed by atoms with Crippen molar-refractivity contribution in [2.24, 2.45) is 0 Å². The second-order valence-corrected chi connectivity index (χ2v) is 5.04. The summed E-state index contributed by atoms with van der Waals surface area (Å²) in [6.07, 6.45) is 1.83. The maximum absolute atomic E-state index is 4.57. The third-order valence-corrected chi connectivity index (χ3v) is 3.66. The summed E-state index contributed by atoms with van der Waals surface area (Å²) in [4.78, 5) is 13.5. The molecule has 1 aromatic rings. The van der Waals surface area contributed by atoms with Crippen LogP contribution in [0.2, 0.25) is 0 Å². The van der Waals surface area contributed by atoms with Gasteiger partial charge in [0.1, 0.15) is 5.82 Å². The maximum atomic E-state index is 4.57. The van der Waals surface area contributed by atoms with E-state index in [9.17, 15) is 0 Å². The first-order valence-electron chi connectivity index (χ1n) is 6.65. The summed E-state index contributed by atoms with van der Waals surface area (Å²) in [6, 6.07) is 3.09. The zero-order valence-electron chi connectivity index (χ0n) is 11.7. The van der Waals surface area contributed by atoms with Crippen molar-refractivity contribution < 1.29 is 0 Å². The molecular weight excluding hydrogens is 226 g/mol. The van der Waals surface area contributed by atoms with Gasteiger partial charge in [-0.15, -0.1) is 0 Å². The molecule has 100 valence electrons. The highest BCUT2D eigenvalue weighted by molar-refractivity contribution is 5.43. The van der Waals surface area contributed by atoms with E-state index in [1.165, 1.54) is 0 Å². The molecule has 2 heterocycles. The van der Waals surface area contributed by atoms with Crippen molar-refractivity contribution >= 4 is 11.8 Å². The van der Waals surface area contributed by atoms with E-state index < -0.39 is 0 Å². The molecule has 2 rings (SSSR count). The molecule has 0 aliphatic carbocycles. The van der Waals surface area contributed by atoms with Crippen molar-refractivity contribution in [3.05, 3.63) is 12.3 Å². The van der Waals surface area contributed by atoms with Gasteiger partial charge in [-0.3, -0.25) is 4.90 Å². The number of rotatable bonds is 3. The zero-order valence-corrected chi connectivity index (χ0v) is 11.7. The van der Waals surface area contributed by atoms with Crippen LogP contribution in [0, 0.1) is 0 Å². The molecule has 0 bridgehead atoms. The fourth-order valence-electron chi connectivity index (χ4n) is 2.36. The van der Waals surface area contributed by atoms with E-state index in [0.29, 0.717) is 18.0 Å². The normalized spacial score (nSPS) is 25.2. The fourth-order valence-corrected chi connectivity index (χ4v) is 2.36. The lowest BCUT2D eigenvalue weighted by Gasteiger charge is -2.42. The molecule has 1 fully saturated rings. The third kappa shape index (κ3) is 2.72. The van der Waals surface area contributed by atoms with Gasteiger partial charge >= 0.3 is 0 Å². The van der Waals surface area contributed by atoms with Gasteiger partial charge in [-0.25, -0.2) is 4.98 Å². The second kappa shape index (κ2) is 5.52. The number of nitrogens with one attached hydrogen (secondary N) is 1. The average Bonchev–Trinajstić information content (AvgIpc) is 2.36. The molecule has 2 unspecified atom stereocenters. The summed E-state index contributed by atoms with van der Waals surface area (Å²) in [5, 5.41) is 3.16. The van der Waals surface area contributed by atoms with Crippen LogP contribution in [0.5, 0.6) is 0 Å². The Balaban J connectivity index is 2.13. The number of likely N-dealkylation sites (N-methyl/N-ethyl adjacent to an activating group) is 1. The highest BCUT2D eigenvalue weighted by atomic mass is 15.3. The molecule has 2 atom stereocenters. The van der Waals surface area contributed by atoms with Crippen LogP contribution in [-0.4, -0.2) is 53.6 Å². The van der Waals surface area contributed by atoms with Crippen molar-refractivity contribution in [1.82, 2.24) is 14.9 Å². The molecule has 1 N–H and O–H groups in total. The molecule has 0 aromatic carbocycles. The topological polar surface area (TPSA) is 44.3 Å². The number of nitrogens with zero attached hydrogens (tertiary/aromatic N) is 4. The number of aromatic nitrogens is 2. The third-order valence-electron chi connectivity index (χ3n) is 3.66. The van der Waals surface area contributed by atoms with Gasteiger partial charge < -0.3 is 10.2 Å². The quantitative estimate of drug-likeness (QED) is 0.878. The maximum Gasteiger partial charge on any atom is 0.224 e. The van der Waals surface area contributed by atoms with Crippen LogP contribution in [0.1, 0.15) is 20.8 Å². The zero-order chi connectivity index (χ0) is 13.1. The Hall–Kier alpha value is -1.36. The van der Waals surface area contributed by atoms with Gasteiger partial charge in [0.2, 0.25) is 5.95 Å². The van der Waals surface area contributed by atoms with E-state index in [4.69, 9.17) is 0 Å². The summed E-state index contributed by atoms with van der Waals surface area (Å²) >= 11 is 0. The van der Waals surface area contributed by atoms with E-state index >= 15 is 0 Å². The van der Waals surface area contributed by atoms with Crippen LogP contribution >= 0.6 is 0 Å². The molecule has 5 heteroatoms. The van der Waals surface area contributed by atoms with Gasteiger partial charge in [-0.05, 0) is 33.9 Å². The first-order valence-corrected chi connectivity index (χ1v) is 6.65. The molecule has 5 nitrogen and oxygen atoms in total. The second-order valence-electron chi connectivity index (χ2n) is 5.04. The summed E-state index contributed by atoms with van der Waals surface area (Å²) in [7, 11) is 2.19. The van der Waals surface area contributed by atoms with Crippen molar-refractivity contribution in [3.63, 3.8) is 0 Å². The minimum absolute atomic E-state index is 0.547. The highest BCUT2D eigenvalue weighted by Gasteiger charge is 2.27. The lowest BCUT2D eigenvalue weighted by atomic mass is 10.1. The molecule has 0 amide bonds. The molecule has 0 spiro atoms. The Morgan fingerprint density at radius 2 is 2.00 bits per heavy atom. The molecule has 0 saturated carbocycles. The summed E-state index contributed by atoms with van der Waals surface area (Å²) in [5.74, 6) is 1.74. The van der Waals surface area contributed by atoms with Gasteiger partial charge in [0.05, 0.1) is 0 Å². The van der Waals surface area contributed by atoms with E-state index in [1.807, 2.05) is 12.3 Å². The van der Waals surface area contributed by atoms with Crippen molar-refractivity contribution in [2.45, 2.75) is 32.9 Å². The van der Waals surface area contributed by atoms with Crippen molar-refractivity contribution in [3.8, 4) is 0 Å². The number of anilines is 2. The molecule has 1 saturated heterocycles. The molecule has 18 heavy (non-hydrogen) atoms. The lowest BCUT2D eigenvalue weighted by molar-refractivity contribution is 0.169. The van der Waals surface area contributed by atoms with Gasteiger partial charge in [0.25, 0.3) is 0 Å². The van der Waals surface area contributed by atoms with Crippen LogP contribution in [0.25, 0.3) is 0 Å². The van der Waals surface area contributed by atoms with Crippen LogP contribution in [-0.2, 0) is 0 Å². The Labute approximate surface area is 109 Å². The van der Waals surface area contributed by atoms with Gasteiger partial charge in [-0.2, -0.15) is 4.98 Å². The lowest BCUT2D eigenvalue weighted by Crippen LogP contribution is -2.55. The Kier molecular flexibility index (Phi) is 4.01. The molecule has 1 aromatic heterocycles. The summed E-state index contributed by atoms with van der Waals surface area (Å²) < 4.78 is 0. The number of hydrogen-bond donors (Lipinski definition) is 1. The predicted molar refractivity (Wildman–Crippen MR) is 75.1 cm³/mol. The first kappa shape index (κ1) is 13.1. The van der Waals surface area contributed by atoms with Gasteiger partial charge in [-0.1, -0.05) is 0 Å². The van der Waals surface area contributed by atoms with E-state index in [2.05, 4.69) is 52.9 Å². The minimum Gasteiger partial charge on any atom is -0.354 e. The van der Waals surface area contributed by atoms with Crippen molar-refractivity contribution in [1.29, 1.82) is 0 Å². The average molecular weight is 249 g/mol. The number of piperazine rings is 1. The van der Waals surface area contributed by atoms with Crippen molar-refractivity contribution in [2.75, 3.05) is 36.9 Å². The molecule has 1 aliphatic rings. The standard InChI is InChI=1S/C13H23N5/c1-5-14-13-15-7-6-12(16-13)18-8-10(2)17(4)11(3)9-18/h6-7,10-11H,5,8-9H2,1-4H3,(H,14,15,16). The summed E-state index contributed by atoms with van der Waals surface area (Å²) in [5.41, 5.74) is 0. The smallest absolute Gasteiger partial charge is 0.224 e. The van der Waals surface area contributed by atoms with E-state index in [1.54, 1.807) is 0 Å². The Morgan fingerprint density at radius 1 is 1.33 bits per heavy atom. The number of hydrogen-bond acceptors (Lipinski definition) is 5. The predicted octanol–water partition coefficient (Wildman–Crippen LogP) is 1.44. The molecule has 0 radical (unpaired) electrons. The van der Waals surface area contributed by atoms with E-state index in [-0.39, 0.29) is 0 Å². The Bertz CT molecular complexity index is 383. The highest BCUT2D eigenvalue weighted by Crippen LogP contribution is 2.19. The van der Waals surface area contributed by atoms with E-state index in [0.717, 1.165) is 25.5 Å². The van der Waals surface area contributed by atoms with Crippen LogP contribution in [0.3, 0.4) is 0 Å².